The molecule has 2 aromatic rings. The number of fused-ring (bicyclic) bond motifs is 1. The van der Waals surface area contributed by atoms with Gasteiger partial charge in [-0.25, -0.2) is 4.68 Å². The normalized spacial score (nSPS) is 16.0. The number of hydrogen-bond acceptors (Lipinski definition) is 4. The van der Waals surface area contributed by atoms with Gasteiger partial charge in [0, 0.05) is 19.3 Å². The molecule has 0 spiro atoms. The lowest BCUT2D eigenvalue weighted by Crippen LogP contribution is -2.35. The van der Waals surface area contributed by atoms with Crippen LogP contribution in [0.15, 0.2) is 35.3 Å². The zero-order valence-corrected chi connectivity index (χ0v) is 15.7. The van der Waals surface area contributed by atoms with Crippen molar-refractivity contribution in [2.45, 2.75) is 25.8 Å². The van der Waals surface area contributed by atoms with Crippen molar-refractivity contribution in [1.82, 2.24) is 20.0 Å². The van der Waals surface area contributed by atoms with Crippen LogP contribution in [0.2, 0.25) is 0 Å². The summed E-state index contributed by atoms with van der Waals surface area (Å²) in [7, 11) is 2.08. The van der Waals surface area contributed by atoms with Gasteiger partial charge in [-0.2, -0.15) is 5.10 Å². The molecule has 0 unspecified atom stereocenters. The van der Waals surface area contributed by atoms with Gasteiger partial charge in [0.05, 0.1) is 24.5 Å². The molecule has 0 atom stereocenters. The van der Waals surface area contributed by atoms with Gasteiger partial charge in [-0.1, -0.05) is 18.2 Å². The van der Waals surface area contributed by atoms with Gasteiger partial charge in [-0.15, -0.1) is 24.0 Å². The topological polar surface area (TPSA) is 45.4 Å². The first kappa shape index (κ1) is 16.3. The Morgan fingerprint density at radius 2 is 2.00 bits per heavy atom. The minimum absolute atomic E-state index is 0. The van der Waals surface area contributed by atoms with Crippen molar-refractivity contribution < 1.29 is 0 Å². The molecule has 6 heteroatoms. The number of para-hydroxylation sites is 1. The van der Waals surface area contributed by atoms with Crippen molar-refractivity contribution in [3.05, 3.63) is 47.3 Å². The number of nitrogens with one attached hydrogen (secondary N) is 1. The third-order valence-electron chi connectivity index (χ3n) is 4.49. The fourth-order valence-corrected chi connectivity index (χ4v) is 3.32. The van der Waals surface area contributed by atoms with Crippen LogP contribution in [0.1, 0.15) is 23.4 Å². The predicted octanol–water partition coefficient (Wildman–Crippen LogP) is 2.37. The summed E-state index contributed by atoms with van der Waals surface area (Å²) in [4.78, 5) is 6.65. The Hall–Kier alpha value is -1.57. The van der Waals surface area contributed by atoms with Crippen molar-refractivity contribution in [3.63, 3.8) is 0 Å². The largest absolute Gasteiger partial charge is 0.351 e. The molecule has 2 heterocycles. The molecule has 4 rings (SSSR count). The van der Waals surface area contributed by atoms with E-state index in [0.717, 1.165) is 44.1 Å². The minimum atomic E-state index is 0. The number of rotatable bonds is 3. The van der Waals surface area contributed by atoms with E-state index in [1.807, 2.05) is 6.07 Å². The second-order valence-electron chi connectivity index (χ2n) is 5.95. The van der Waals surface area contributed by atoms with Gasteiger partial charge >= 0.3 is 0 Å². The number of guanidine groups is 1. The maximum absolute atomic E-state index is 4.87. The molecule has 0 saturated heterocycles. The Bertz CT molecular complexity index is 707. The third kappa shape index (κ3) is 3.08. The van der Waals surface area contributed by atoms with Gasteiger partial charge < -0.3 is 10.2 Å². The van der Waals surface area contributed by atoms with Gasteiger partial charge in [-0.3, -0.25) is 4.99 Å². The molecule has 1 aliphatic heterocycles. The first-order valence-corrected chi connectivity index (χ1v) is 7.97. The number of nitrogens with zero attached hydrogens (tertiary/aromatic N) is 4. The van der Waals surface area contributed by atoms with Crippen molar-refractivity contribution in [1.29, 1.82) is 0 Å². The van der Waals surface area contributed by atoms with Crippen molar-refractivity contribution >= 4 is 29.9 Å². The van der Waals surface area contributed by atoms with Crippen molar-refractivity contribution in [3.8, 4) is 5.69 Å². The van der Waals surface area contributed by atoms with Crippen LogP contribution in [-0.4, -0.2) is 40.8 Å². The molecular formula is C17H22IN5. The molecule has 0 fully saturated rings. The molecule has 1 N–H and O–H groups in total. The number of halogens is 1. The van der Waals surface area contributed by atoms with Gasteiger partial charge in [-0.05, 0) is 37.0 Å². The maximum Gasteiger partial charge on any atom is 0.194 e. The number of benzene rings is 1. The zero-order valence-electron chi connectivity index (χ0n) is 13.3. The van der Waals surface area contributed by atoms with E-state index >= 15 is 0 Å². The summed E-state index contributed by atoms with van der Waals surface area (Å²) < 4.78 is 2.12. The second-order valence-corrected chi connectivity index (χ2v) is 5.95. The number of hydrogen-bond donors (Lipinski definition) is 1. The van der Waals surface area contributed by atoms with Crippen LogP contribution in [0.25, 0.3) is 5.69 Å². The maximum atomic E-state index is 4.87. The van der Waals surface area contributed by atoms with Crippen LogP contribution < -0.4 is 5.32 Å². The minimum Gasteiger partial charge on any atom is -0.351 e. The van der Waals surface area contributed by atoms with Crippen LogP contribution in [-0.2, 0) is 19.4 Å². The molecule has 0 bridgehead atoms. The van der Waals surface area contributed by atoms with Crippen LogP contribution in [0.3, 0.4) is 0 Å². The van der Waals surface area contributed by atoms with Crippen LogP contribution in [0, 0.1) is 0 Å². The Morgan fingerprint density at radius 1 is 1.17 bits per heavy atom. The summed E-state index contributed by atoms with van der Waals surface area (Å²) in [5.74, 6) is 0.987. The lowest BCUT2D eigenvalue weighted by Gasteiger charge is -2.14. The highest BCUT2D eigenvalue weighted by Crippen LogP contribution is 2.27. The lowest BCUT2D eigenvalue weighted by molar-refractivity contribution is 0.532. The number of aromatic nitrogens is 2. The molecule has 5 nitrogen and oxygen atoms in total. The summed E-state index contributed by atoms with van der Waals surface area (Å²) in [5, 5.41) is 8.31. The van der Waals surface area contributed by atoms with E-state index < -0.39 is 0 Å². The average molecular weight is 423 g/mol. The van der Waals surface area contributed by atoms with Crippen LogP contribution in [0.5, 0.6) is 0 Å². The second kappa shape index (κ2) is 6.90. The molecule has 2 aliphatic rings. The highest BCUT2D eigenvalue weighted by molar-refractivity contribution is 14.0. The van der Waals surface area contributed by atoms with Gasteiger partial charge in [0.2, 0.25) is 0 Å². The third-order valence-corrected chi connectivity index (χ3v) is 4.49. The lowest BCUT2D eigenvalue weighted by atomic mass is 10.2. The van der Waals surface area contributed by atoms with Crippen LogP contribution in [0.4, 0.5) is 0 Å². The van der Waals surface area contributed by atoms with Gasteiger partial charge in [0.25, 0.3) is 0 Å². The first-order valence-electron chi connectivity index (χ1n) is 7.97. The zero-order chi connectivity index (χ0) is 14.9. The van der Waals surface area contributed by atoms with E-state index in [1.54, 1.807) is 0 Å². The predicted molar refractivity (Wildman–Crippen MR) is 103 cm³/mol. The van der Waals surface area contributed by atoms with Crippen LogP contribution >= 0.6 is 24.0 Å². The Kier molecular flexibility index (Phi) is 4.89. The van der Waals surface area contributed by atoms with E-state index in [0.29, 0.717) is 0 Å². The van der Waals surface area contributed by atoms with Crippen molar-refractivity contribution in [2.75, 3.05) is 20.1 Å². The standard InChI is InChI=1S/C17H21N5.HI/c1-21-11-10-18-17(21)19-12-15-14-8-5-9-16(14)22(20-15)13-6-3-2-4-7-13;/h2-4,6-7H,5,8-12H2,1H3,(H,18,19);1H. The first-order chi connectivity index (χ1) is 10.8. The molecule has 1 aliphatic carbocycles. The van der Waals surface area contributed by atoms with E-state index in [2.05, 4.69) is 51.2 Å². The molecule has 1 aromatic heterocycles. The molecule has 0 saturated carbocycles. The van der Waals surface area contributed by atoms with E-state index in [1.165, 1.54) is 23.4 Å². The Morgan fingerprint density at radius 3 is 2.74 bits per heavy atom. The molecule has 0 amide bonds. The van der Waals surface area contributed by atoms with E-state index in [-0.39, 0.29) is 24.0 Å². The summed E-state index contributed by atoms with van der Waals surface area (Å²) in [6, 6.07) is 10.4. The molecule has 122 valence electrons. The quantitative estimate of drug-likeness (QED) is 0.772. The van der Waals surface area contributed by atoms with E-state index in [4.69, 9.17) is 5.10 Å². The number of likely N-dealkylation sites (N-methyl/N-ethyl adjacent to an activating group) is 1. The average Bonchev–Trinajstić information content (AvgIpc) is 3.23. The monoisotopic (exact) mass is 423 g/mol. The van der Waals surface area contributed by atoms with E-state index in [9.17, 15) is 0 Å². The molecule has 23 heavy (non-hydrogen) atoms. The van der Waals surface area contributed by atoms with Gasteiger partial charge in [0.15, 0.2) is 5.96 Å². The highest BCUT2D eigenvalue weighted by atomic mass is 127. The SMILES string of the molecule is CN1CCN=C1NCc1nn(-c2ccccc2)c2c1CCC2.I. The summed E-state index contributed by atoms with van der Waals surface area (Å²) >= 11 is 0. The summed E-state index contributed by atoms with van der Waals surface area (Å²) in [6.45, 7) is 2.64. The molecule has 1 aromatic carbocycles. The number of aliphatic imine (C=N–C) groups is 1. The highest BCUT2D eigenvalue weighted by Gasteiger charge is 2.23. The Labute approximate surface area is 153 Å². The fraction of sp³-hybridized carbons (Fsp3) is 0.412. The molecule has 0 radical (unpaired) electrons. The van der Waals surface area contributed by atoms with Gasteiger partial charge in [0.1, 0.15) is 0 Å². The molecular weight excluding hydrogens is 401 g/mol. The Balaban J connectivity index is 0.00000156. The smallest absolute Gasteiger partial charge is 0.194 e. The fourth-order valence-electron chi connectivity index (χ4n) is 3.32. The van der Waals surface area contributed by atoms with Crippen molar-refractivity contribution in [2.24, 2.45) is 4.99 Å². The summed E-state index contributed by atoms with van der Waals surface area (Å²) in [5.41, 5.74) is 5.13. The summed E-state index contributed by atoms with van der Waals surface area (Å²) in [6.07, 6.45) is 3.49.